The number of aromatic nitrogens is 2. The van der Waals surface area contributed by atoms with Gasteiger partial charge in [0.25, 0.3) is 0 Å². The molecule has 4 nitrogen and oxygen atoms in total. The third kappa shape index (κ3) is 2.75. The highest BCUT2D eigenvalue weighted by Crippen LogP contribution is 2.36. The SMILES string of the molecule is CCn1ccnc1CC1(O)CCOC(C)(CC)C1. The molecule has 0 bridgehead atoms. The number of ether oxygens (including phenoxy) is 1. The molecule has 1 saturated heterocycles. The van der Waals surface area contributed by atoms with Crippen molar-refractivity contribution in [3.8, 4) is 0 Å². The molecule has 18 heavy (non-hydrogen) atoms. The Morgan fingerprint density at radius 2 is 2.28 bits per heavy atom. The standard InChI is InChI=1S/C14H24N2O2/c1-4-13(3)11-14(17,6-9-18-13)10-12-15-7-8-16(12)5-2/h7-8,17H,4-6,9-11H2,1-3H3. The maximum atomic E-state index is 10.8. The Morgan fingerprint density at radius 3 is 2.94 bits per heavy atom. The van der Waals surface area contributed by atoms with E-state index in [9.17, 15) is 5.11 Å². The van der Waals surface area contributed by atoms with Gasteiger partial charge in [-0.05, 0) is 20.3 Å². The zero-order valence-electron chi connectivity index (χ0n) is 11.6. The van der Waals surface area contributed by atoms with Gasteiger partial charge in [0.15, 0.2) is 0 Å². The van der Waals surface area contributed by atoms with Crippen LogP contribution in [0.25, 0.3) is 0 Å². The molecule has 102 valence electrons. The average molecular weight is 252 g/mol. The highest BCUT2D eigenvalue weighted by molar-refractivity contribution is 5.02. The smallest absolute Gasteiger partial charge is 0.111 e. The predicted octanol–water partition coefficient (Wildman–Crippen LogP) is 2.16. The molecule has 1 aliphatic rings. The molecule has 2 unspecified atom stereocenters. The van der Waals surface area contributed by atoms with Crippen molar-refractivity contribution in [1.29, 1.82) is 0 Å². The lowest BCUT2D eigenvalue weighted by Crippen LogP contribution is -2.48. The molecule has 0 saturated carbocycles. The summed E-state index contributed by atoms with van der Waals surface area (Å²) >= 11 is 0. The van der Waals surface area contributed by atoms with Crippen LogP contribution >= 0.6 is 0 Å². The fourth-order valence-electron chi connectivity index (χ4n) is 2.79. The summed E-state index contributed by atoms with van der Waals surface area (Å²) < 4.78 is 7.89. The summed E-state index contributed by atoms with van der Waals surface area (Å²) in [7, 11) is 0. The van der Waals surface area contributed by atoms with Gasteiger partial charge in [-0.2, -0.15) is 0 Å². The molecule has 0 aromatic carbocycles. The third-order valence-corrected chi connectivity index (χ3v) is 4.10. The number of rotatable bonds is 4. The van der Waals surface area contributed by atoms with E-state index in [1.165, 1.54) is 0 Å². The van der Waals surface area contributed by atoms with Crippen LogP contribution in [0.1, 0.15) is 45.9 Å². The van der Waals surface area contributed by atoms with E-state index in [1.54, 1.807) is 6.20 Å². The fraction of sp³-hybridized carbons (Fsp3) is 0.786. The van der Waals surface area contributed by atoms with Gasteiger partial charge in [0.05, 0.1) is 17.8 Å². The molecule has 1 N–H and O–H groups in total. The lowest BCUT2D eigenvalue weighted by molar-refractivity contribution is -0.153. The molecule has 1 fully saturated rings. The van der Waals surface area contributed by atoms with Crippen molar-refractivity contribution in [2.75, 3.05) is 6.61 Å². The number of aliphatic hydroxyl groups is 1. The number of hydrogen-bond acceptors (Lipinski definition) is 3. The molecule has 0 aliphatic carbocycles. The Labute approximate surface area is 109 Å². The monoisotopic (exact) mass is 252 g/mol. The maximum absolute atomic E-state index is 10.8. The highest BCUT2D eigenvalue weighted by Gasteiger charge is 2.41. The first-order valence-corrected chi connectivity index (χ1v) is 6.87. The van der Waals surface area contributed by atoms with E-state index >= 15 is 0 Å². The van der Waals surface area contributed by atoms with Crippen molar-refractivity contribution >= 4 is 0 Å². The molecule has 2 heterocycles. The number of hydrogen-bond donors (Lipinski definition) is 1. The normalized spacial score (nSPS) is 32.7. The van der Waals surface area contributed by atoms with Crippen molar-refractivity contribution in [3.05, 3.63) is 18.2 Å². The molecule has 1 aromatic heterocycles. The quantitative estimate of drug-likeness (QED) is 0.893. The zero-order chi connectivity index (χ0) is 13.2. The van der Waals surface area contributed by atoms with E-state index in [1.807, 2.05) is 6.20 Å². The van der Waals surface area contributed by atoms with Crippen LogP contribution in [0, 0.1) is 0 Å². The largest absolute Gasteiger partial charge is 0.389 e. The van der Waals surface area contributed by atoms with E-state index in [0.29, 0.717) is 25.9 Å². The number of nitrogens with zero attached hydrogens (tertiary/aromatic N) is 2. The van der Waals surface area contributed by atoms with Crippen LogP contribution in [-0.2, 0) is 17.7 Å². The van der Waals surface area contributed by atoms with Crippen LogP contribution in [0.3, 0.4) is 0 Å². The van der Waals surface area contributed by atoms with Gasteiger partial charge < -0.3 is 14.4 Å². The van der Waals surface area contributed by atoms with Gasteiger partial charge in [0.2, 0.25) is 0 Å². The Balaban J connectivity index is 2.12. The first-order valence-electron chi connectivity index (χ1n) is 6.87. The van der Waals surface area contributed by atoms with Crippen LogP contribution in [-0.4, -0.2) is 32.5 Å². The molecular formula is C14H24N2O2. The molecule has 4 heteroatoms. The van der Waals surface area contributed by atoms with Crippen LogP contribution in [0.4, 0.5) is 0 Å². The summed E-state index contributed by atoms with van der Waals surface area (Å²) in [5.74, 6) is 0.973. The second-order valence-corrected chi connectivity index (χ2v) is 5.61. The zero-order valence-corrected chi connectivity index (χ0v) is 11.6. The van der Waals surface area contributed by atoms with Crippen LogP contribution in [0.5, 0.6) is 0 Å². The Bertz CT molecular complexity index is 404. The van der Waals surface area contributed by atoms with Crippen molar-refractivity contribution < 1.29 is 9.84 Å². The van der Waals surface area contributed by atoms with Crippen LogP contribution in [0.2, 0.25) is 0 Å². The number of aryl methyl sites for hydroxylation is 1. The van der Waals surface area contributed by atoms with Gasteiger partial charge in [-0.1, -0.05) is 6.92 Å². The Morgan fingerprint density at radius 1 is 1.50 bits per heavy atom. The summed E-state index contributed by atoms with van der Waals surface area (Å²) in [5, 5.41) is 10.8. The lowest BCUT2D eigenvalue weighted by atomic mass is 9.80. The molecule has 0 amide bonds. The third-order valence-electron chi connectivity index (χ3n) is 4.10. The van der Waals surface area contributed by atoms with Gasteiger partial charge in [-0.25, -0.2) is 4.98 Å². The minimum Gasteiger partial charge on any atom is -0.389 e. The summed E-state index contributed by atoms with van der Waals surface area (Å²) in [4.78, 5) is 4.36. The van der Waals surface area contributed by atoms with Crippen LogP contribution in [0.15, 0.2) is 12.4 Å². The first kappa shape index (κ1) is 13.6. The molecule has 0 spiro atoms. The minimum atomic E-state index is -0.679. The van der Waals surface area contributed by atoms with Crippen molar-refractivity contribution in [3.63, 3.8) is 0 Å². The fourth-order valence-corrected chi connectivity index (χ4v) is 2.79. The summed E-state index contributed by atoms with van der Waals surface area (Å²) in [6.45, 7) is 7.82. The van der Waals surface area contributed by atoms with E-state index < -0.39 is 5.60 Å². The summed E-state index contributed by atoms with van der Waals surface area (Å²) in [6.07, 6.45) is 6.70. The van der Waals surface area contributed by atoms with Crippen LogP contribution < -0.4 is 0 Å². The van der Waals surface area contributed by atoms with Gasteiger partial charge >= 0.3 is 0 Å². The molecule has 2 atom stereocenters. The Hall–Kier alpha value is -0.870. The molecule has 1 aliphatic heterocycles. The predicted molar refractivity (Wildman–Crippen MR) is 70.4 cm³/mol. The van der Waals surface area contributed by atoms with Crippen molar-refractivity contribution in [1.82, 2.24) is 9.55 Å². The molecular weight excluding hydrogens is 228 g/mol. The van der Waals surface area contributed by atoms with Gasteiger partial charge in [0.1, 0.15) is 5.82 Å². The number of imidazole rings is 1. The maximum Gasteiger partial charge on any atom is 0.111 e. The molecule has 0 radical (unpaired) electrons. The Kier molecular flexibility index (Phi) is 3.78. The summed E-state index contributed by atoms with van der Waals surface area (Å²) in [5.41, 5.74) is -0.877. The average Bonchev–Trinajstić information content (AvgIpc) is 2.75. The van der Waals surface area contributed by atoms with E-state index in [0.717, 1.165) is 18.8 Å². The van der Waals surface area contributed by atoms with Gasteiger partial charge in [0, 0.05) is 38.2 Å². The van der Waals surface area contributed by atoms with Crippen molar-refractivity contribution in [2.24, 2.45) is 0 Å². The topological polar surface area (TPSA) is 47.3 Å². The van der Waals surface area contributed by atoms with Gasteiger partial charge in [-0.3, -0.25) is 0 Å². The highest BCUT2D eigenvalue weighted by atomic mass is 16.5. The lowest BCUT2D eigenvalue weighted by Gasteiger charge is -2.43. The summed E-state index contributed by atoms with van der Waals surface area (Å²) in [6, 6.07) is 0. The molecule has 1 aromatic rings. The molecule has 2 rings (SSSR count). The van der Waals surface area contributed by atoms with E-state index in [-0.39, 0.29) is 5.60 Å². The second kappa shape index (κ2) is 5.02. The second-order valence-electron chi connectivity index (χ2n) is 5.61. The van der Waals surface area contributed by atoms with E-state index in [2.05, 4.69) is 30.3 Å². The van der Waals surface area contributed by atoms with Crippen molar-refractivity contribution in [2.45, 2.75) is 64.2 Å². The van der Waals surface area contributed by atoms with Gasteiger partial charge in [-0.15, -0.1) is 0 Å². The first-order chi connectivity index (χ1) is 8.50. The minimum absolute atomic E-state index is 0.198. The van der Waals surface area contributed by atoms with E-state index in [4.69, 9.17) is 4.74 Å².